The van der Waals surface area contributed by atoms with Gasteiger partial charge >= 0.3 is 6.09 Å². The van der Waals surface area contributed by atoms with Crippen LogP contribution in [-0.4, -0.2) is 11.7 Å². The Morgan fingerprint density at radius 3 is 2.26 bits per heavy atom. The number of hydrogen-bond acceptors (Lipinski definition) is 2. The minimum atomic E-state index is -0.510. The van der Waals surface area contributed by atoms with Crippen molar-refractivity contribution in [1.82, 2.24) is 0 Å². The number of anilines is 1. The molecule has 0 saturated heterocycles. The van der Waals surface area contributed by atoms with Crippen molar-refractivity contribution in [2.75, 3.05) is 5.32 Å². The average molecular weight is 309 g/mol. The van der Waals surface area contributed by atoms with E-state index in [1.54, 1.807) is 0 Å². The average Bonchev–Trinajstić information content (AvgIpc) is 2.45. The lowest BCUT2D eigenvalue weighted by molar-refractivity contribution is 0.0636. The van der Waals surface area contributed by atoms with Gasteiger partial charge in [0, 0.05) is 5.69 Å². The first-order chi connectivity index (χ1) is 10.7. The highest BCUT2D eigenvalue weighted by molar-refractivity contribution is 5.86. The Morgan fingerprint density at radius 1 is 1.04 bits per heavy atom. The molecule has 0 spiro atoms. The van der Waals surface area contributed by atoms with Crippen molar-refractivity contribution in [2.24, 2.45) is 0 Å². The fraction of sp³-hybridized carbons (Fsp3) is 0.250. The van der Waals surface area contributed by atoms with E-state index in [9.17, 15) is 4.79 Å². The van der Waals surface area contributed by atoms with Gasteiger partial charge < -0.3 is 4.74 Å². The first-order valence-corrected chi connectivity index (χ1v) is 7.61. The van der Waals surface area contributed by atoms with Crippen molar-refractivity contribution in [3.05, 3.63) is 71.8 Å². The summed E-state index contributed by atoms with van der Waals surface area (Å²) in [5, 5.41) is 2.72. The number of benzene rings is 2. The Labute approximate surface area is 138 Å². The number of carbonyl (C=O) groups excluding carboxylic acids is 1. The molecule has 0 atom stereocenters. The van der Waals surface area contributed by atoms with Crippen LogP contribution in [0, 0.1) is 6.92 Å². The quantitative estimate of drug-likeness (QED) is 0.824. The van der Waals surface area contributed by atoms with Gasteiger partial charge in [0.05, 0.1) is 0 Å². The van der Waals surface area contributed by atoms with Gasteiger partial charge in [-0.15, -0.1) is 0 Å². The highest BCUT2D eigenvalue weighted by Gasteiger charge is 2.16. The predicted molar refractivity (Wildman–Crippen MR) is 95.6 cm³/mol. The van der Waals surface area contributed by atoms with E-state index in [1.165, 1.54) is 5.56 Å². The molecule has 0 unspecified atom stereocenters. The standard InChI is InChI=1S/C20H23NO2/c1-14-7-6-8-17(13-14)15(2)16-9-11-18(12-10-16)21-19(22)23-20(3,4)5/h6-13H,2H2,1,3-5H3,(H,21,22). The second kappa shape index (κ2) is 6.69. The molecule has 120 valence electrons. The molecule has 3 heteroatoms. The van der Waals surface area contributed by atoms with Crippen LogP contribution in [0.15, 0.2) is 55.1 Å². The van der Waals surface area contributed by atoms with Gasteiger partial charge in [-0.1, -0.05) is 48.5 Å². The first-order valence-electron chi connectivity index (χ1n) is 7.61. The molecule has 0 heterocycles. The first kappa shape index (κ1) is 16.8. The summed E-state index contributed by atoms with van der Waals surface area (Å²) in [6.45, 7) is 11.7. The van der Waals surface area contributed by atoms with Gasteiger partial charge in [0.2, 0.25) is 0 Å². The van der Waals surface area contributed by atoms with Crippen molar-refractivity contribution >= 4 is 17.4 Å². The van der Waals surface area contributed by atoms with Crippen molar-refractivity contribution in [3.63, 3.8) is 0 Å². The van der Waals surface area contributed by atoms with E-state index in [0.29, 0.717) is 5.69 Å². The minimum absolute atomic E-state index is 0.456. The monoisotopic (exact) mass is 309 g/mol. The third kappa shape index (κ3) is 4.99. The third-order valence-electron chi connectivity index (χ3n) is 3.25. The second-order valence-corrected chi connectivity index (χ2v) is 6.55. The third-order valence-corrected chi connectivity index (χ3v) is 3.25. The van der Waals surface area contributed by atoms with Crippen LogP contribution in [0.25, 0.3) is 5.57 Å². The number of rotatable bonds is 3. The van der Waals surface area contributed by atoms with E-state index < -0.39 is 11.7 Å². The molecule has 0 fully saturated rings. The zero-order chi connectivity index (χ0) is 17.0. The van der Waals surface area contributed by atoms with E-state index in [1.807, 2.05) is 57.2 Å². The summed E-state index contributed by atoms with van der Waals surface area (Å²) >= 11 is 0. The topological polar surface area (TPSA) is 38.3 Å². The van der Waals surface area contributed by atoms with Gasteiger partial charge in [0.25, 0.3) is 0 Å². The van der Waals surface area contributed by atoms with E-state index in [4.69, 9.17) is 4.74 Å². The molecule has 1 N–H and O–H groups in total. The van der Waals surface area contributed by atoms with Crippen molar-refractivity contribution in [1.29, 1.82) is 0 Å². The predicted octanol–water partition coefficient (Wildman–Crippen LogP) is 5.40. The summed E-state index contributed by atoms with van der Waals surface area (Å²) in [5.41, 5.74) is 4.45. The molecule has 1 amide bonds. The Kier molecular flexibility index (Phi) is 4.89. The largest absolute Gasteiger partial charge is 0.444 e. The molecule has 3 nitrogen and oxygen atoms in total. The van der Waals surface area contributed by atoms with Gasteiger partial charge in [-0.3, -0.25) is 5.32 Å². The molecule has 0 aliphatic carbocycles. The molecular weight excluding hydrogens is 286 g/mol. The minimum Gasteiger partial charge on any atom is -0.444 e. The zero-order valence-corrected chi connectivity index (χ0v) is 14.1. The molecule has 0 aliphatic rings. The summed E-state index contributed by atoms with van der Waals surface area (Å²) in [7, 11) is 0. The molecule has 2 aromatic rings. The maximum atomic E-state index is 11.8. The Balaban J connectivity index is 2.07. The van der Waals surface area contributed by atoms with Crippen LogP contribution in [0.4, 0.5) is 10.5 Å². The SMILES string of the molecule is C=C(c1ccc(NC(=O)OC(C)(C)C)cc1)c1cccc(C)c1. The summed E-state index contributed by atoms with van der Waals surface area (Å²) in [6, 6.07) is 15.8. The Bertz CT molecular complexity index is 709. The van der Waals surface area contributed by atoms with Crippen molar-refractivity contribution in [2.45, 2.75) is 33.3 Å². The number of carbonyl (C=O) groups is 1. The molecule has 0 saturated carbocycles. The van der Waals surface area contributed by atoms with Crippen LogP contribution in [0.5, 0.6) is 0 Å². The lowest BCUT2D eigenvalue weighted by atomic mass is 9.98. The van der Waals surface area contributed by atoms with Crippen LogP contribution >= 0.6 is 0 Å². The van der Waals surface area contributed by atoms with Crippen LogP contribution in [-0.2, 0) is 4.74 Å². The van der Waals surface area contributed by atoms with Crippen molar-refractivity contribution < 1.29 is 9.53 Å². The van der Waals surface area contributed by atoms with Crippen LogP contribution in [0.1, 0.15) is 37.5 Å². The van der Waals surface area contributed by atoms with Crippen LogP contribution in [0.2, 0.25) is 0 Å². The van der Waals surface area contributed by atoms with Crippen LogP contribution < -0.4 is 5.32 Å². The molecule has 23 heavy (non-hydrogen) atoms. The van der Waals surface area contributed by atoms with Gasteiger partial charge in [-0.2, -0.15) is 0 Å². The van der Waals surface area contributed by atoms with E-state index in [2.05, 4.69) is 31.0 Å². The van der Waals surface area contributed by atoms with Crippen LogP contribution in [0.3, 0.4) is 0 Å². The molecule has 0 bridgehead atoms. The Hall–Kier alpha value is -2.55. The summed E-state index contributed by atoms with van der Waals surface area (Å²) in [6.07, 6.45) is -0.456. The smallest absolute Gasteiger partial charge is 0.412 e. The van der Waals surface area contributed by atoms with E-state index in [-0.39, 0.29) is 0 Å². The van der Waals surface area contributed by atoms with E-state index in [0.717, 1.165) is 16.7 Å². The molecule has 0 radical (unpaired) electrons. The van der Waals surface area contributed by atoms with E-state index >= 15 is 0 Å². The maximum absolute atomic E-state index is 11.8. The molecular formula is C20H23NO2. The second-order valence-electron chi connectivity index (χ2n) is 6.55. The number of hydrogen-bond donors (Lipinski definition) is 1. The highest BCUT2D eigenvalue weighted by atomic mass is 16.6. The van der Waals surface area contributed by atoms with Gasteiger partial charge in [-0.25, -0.2) is 4.79 Å². The number of nitrogens with one attached hydrogen (secondary N) is 1. The highest BCUT2D eigenvalue weighted by Crippen LogP contribution is 2.23. The molecule has 0 aromatic heterocycles. The fourth-order valence-corrected chi connectivity index (χ4v) is 2.18. The lowest BCUT2D eigenvalue weighted by Gasteiger charge is -2.19. The van der Waals surface area contributed by atoms with Gasteiger partial charge in [0.1, 0.15) is 5.60 Å². The van der Waals surface area contributed by atoms with Gasteiger partial charge in [0.15, 0.2) is 0 Å². The number of aryl methyl sites for hydroxylation is 1. The zero-order valence-electron chi connectivity index (χ0n) is 14.1. The molecule has 0 aliphatic heterocycles. The normalized spacial score (nSPS) is 11.0. The molecule has 2 aromatic carbocycles. The van der Waals surface area contributed by atoms with Crippen molar-refractivity contribution in [3.8, 4) is 0 Å². The molecule has 2 rings (SSSR count). The lowest BCUT2D eigenvalue weighted by Crippen LogP contribution is -2.27. The number of ether oxygens (including phenoxy) is 1. The van der Waals surface area contributed by atoms with Gasteiger partial charge in [-0.05, 0) is 56.5 Å². The summed E-state index contributed by atoms with van der Waals surface area (Å²) < 4.78 is 5.23. The summed E-state index contributed by atoms with van der Waals surface area (Å²) in [5.74, 6) is 0. The Morgan fingerprint density at radius 2 is 1.70 bits per heavy atom. The summed E-state index contributed by atoms with van der Waals surface area (Å²) in [4.78, 5) is 11.8. The number of amides is 1. The fourth-order valence-electron chi connectivity index (χ4n) is 2.18. The maximum Gasteiger partial charge on any atom is 0.412 e.